The number of hydrogen-bond acceptors (Lipinski definition) is 2. The Bertz CT molecular complexity index is 312. The van der Waals surface area contributed by atoms with Crippen molar-refractivity contribution in [1.82, 2.24) is 4.90 Å². The minimum atomic E-state index is -0.0656. The average molecular weight is 219 g/mol. The predicted molar refractivity (Wildman–Crippen MR) is 66.4 cm³/mol. The summed E-state index contributed by atoms with van der Waals surface area (Å²) in [6, 6.07) is 11.2. The Morgan fingerprint density at radius 1 is 1.25 bits per heavy atom. The highest BCUT2D eigenvalue weighted by Crippen LogP contribution is 2.23. The number of hydrogen-bond donors (Lipinski definition) is 1. The van der Waals surface area contributed by atoms with Gasteiger partial charge in [0.15, 0.2) is 0 Å². The fourth-order valence-corrected chi connectivity index (χ4v) is 2.47. The number of nitrogens with zero attached hydrogens (tertiary/aromatic N) is 1. The van der Waals surface area contributed by atoms with Crippen LogP contribution >= 0.6 is 0 Å². The molecule has 1 aromatic rings. The third-order valence-electron chi connectivity index (χ3n) is 3.60. The van der Waals surface area contributed by atoms with Crippen molar-refractivity contribution in [1.29, 1.82) is 0 Å². The maximum atomic E-state index is 9.51. The molecule has 2 heteroatoms. The Morgan fingerprint density at radius 2 is 2.00 bits per heavy atom. The minimum absolute atomic E-state index is 0.0656. The lowest BCUT2D eigenvalue weighted by Gasteiger charge is -2.23. The summed E-state index contributed by atoms with van der Waals surface area (Å²) in [5.41, 5.74) is 1.40. The molecule has 0 saturated heterocycles. The van der Waals surface area contributed by atoms with Gasteiger partial charge in [-0.15, -0.1) is 0 Å². The van der Waals surface area contributed by atoms with Crippen molar-refractivity contribution in [3.63, 3.8) is 0 Å². The first-order valence-corrected chi connectivity index (χ1v) is 6.18. The summed E-state index contributed by atoms with van der Waals surface area (Å²) >= 11 is 0. The first-order chi connectivity index (χ1) is 7.75. The van der Waals surface area contributed by atoms with Gasteiger partial charge in [-0.3, -0.25) is 0 Å². The normalized spacial score (nSPS) is 25.2. The van der Waals surface area contributed by atoms with Gasteiger partial charge in [0.1, 0.15) is 0 Å². The van der Waals surface area contributed by atoms with E-state index in [9.17, 15) is 5.11 Å². The van der Waals surface area contributed by atoms with E-state index in [0.717, 1.165) is 32.2 Å². The van der Waals surface area contributed by atoms with E-state index in [-0.39, 0.29) is 6.10 Å². The molecule has 1 fully saturated rings. The lowest BCUT2D eigenvalue weighted by Crippen LogP contribution is -2.31. The van der Waals surface area contributed by atoms with Gasteiger partial charge in [-0.1, -0.05) is 30.3 Å². The van der Waals surface area contributed by atoms with Crippen LogP contribution in [0.3, 0.4) is 0 Å². The van der Waals surface area contributed by atoms with Gasteiger partial charge in [0.05, 0.1) is 6.10 Å². The van der Waals surface area contributed by atoms with Crippen LogP contribution in [0.25, 0.3) is 0 Å². The van der Waals surface area contributed by atoms with Gasteiger partial charge >= 0.3 is 0 Å². The van der Waals surface area contributed by atoms with Crippen LogP contribution in [-0.2, 0) is 6.42 Å². The third kappa shape index (κ3) is 3.06. The van der Waals surface area contributed by atoms with E-state index < -0.39 is 0 Å². The van der Waals surface area contributed by atoms with Crippen LogP contribution in [-0.4, -0.2) is 35.7 Å². The molecule has 2 nitrogen and oxygen atoms in total. The molecule has 2 atom stereocenters. The number of benzene rings is 1. The van der Waals surface area contributed by atoms with E-state index in [4.69, 9.17) is 0 Å². The Morgan fingerprint density at radius 3 is 2.62 bits per heavy atom. The van der Waals surface area contributed by atoms with E-state index in [1.807, 2.05) is 0 Å². The lowest BCUT2D eigenvalue weighted by atomic mass is 10.1. The predicted octanol–water partition coefficient (Wildman–Crippen LogP) is 2.07. The molecule has 0 bridgehead atoms. The largest absolute Gasteiger partial charge is 0.393 e. The molecular weight excluding hydrogens is 198 g/mol. The first-order valence-electron chi connectivity index (χ1n) is 6.18. The van der Waals surface area contributed by atoms with Crippen molar-refractivity contribution in [3.8, 4) is 0 Å². The monoisotopic (exact) mass is 219 g/mol. The molecule has 0 aromatic heterocycles. The van der Waals surface area contributed by atoms with Crippen molar-refractivity contribution >= 4 is 0 Å². The Balaban J connectivity index is 1.78. The number of likely N-dealkylation sites (N-methyl/N-ethyl adjacent to an activating group) is 1. The summed E-state index contributed by atoms with van der Waals surface area (Å²) in [4.78, 5) is 2.39. The first kappa shape index (κ1) is 11.6. The molecule has 88 valence electrons. The van der Waals surface area contributed by atoms with Crippen molar-refractivity contribution in [3.05, 3.63) is 35.9 Å². The van der Waals surface area contributed by atoms with Crippen LogP contribution in [0.2, 0.25) is 0 Å². The minimum Gasteiger partial charge on any atom is -0.393 e. The fourth-order valence-electron chi connectivity index (χ4n) is 2.47. The topological polar surface area (TPSA) is 23.5 Å². The zero-order valence-electron chi connectivity index (χ0n) is 9.97. The molecule has 1 saturated carbocycles. The summed E-state index contributed by atoms with van der Waals surface area (Å²) in [5.74, 6) is 0. The fraction of sp³-hybridized carbons (Fsp3) is 0.571. The summed E-state index contributed by atoms with van der Waals surface area (Å²) in [6.45, 7) is 1.08. The Kier molecular flexibility index (Phi) is 3.97. The second kappa shape index (κ2) is 5.46. The Hall–Kier alpha value is -0.860. The van der Waals surface area contributed by atoms with Crippen LogP contribution in [0.4, 0.5) is 0 Å². The second-order valence-corrected chi connectivity index (χ2v) is 4.84. The van der Waals surface area contributed by atoms with Crippen LogP contribution in [0, 0.1) is 0 Å². The zero-order valence-corrected chi connectivity index (χ0v) is 9.97. The summed E-state index contributed by atoms with van der Waals surface area (Å²) in [6.07, 6.45) is 4.10. The summed E-state index contributed by atoms with van der Waals surface area (Å²) in [7, 11) is 2.17. The second-order valence-electron chi connectivity index (χ2n) is 4.84. The molecule has 1 aliphatic carbocycles. The van der Waals surface area contributed by atoms with E-state index in [2.05, 4.69) is 42.3 Å². The van der Waals surface area contributed by atoms with Gasteiger partial charge in [0, 0.05) is 12.6 Å². The highest BCUT2D eigenvalue weighted by molar-refractivity contribution is 5.14. The van der Waals surface area contributed by atoms with E-state index >= 15 is 0 Å². The molecule has 0 radical (unpaired) electrons. The number of aliphatic hydroxyl groups excluding tert-OH is 1. The highest BCUT2D eigenvalue weighted by atomic mass is 16.3. The van der Waals surface area contributed by atoms with Crippen LogP contribution in [0.15, 0.2) is 30.3 Å². The molecule has 16 heavy (non-hydrogen) atoms. The van der Waals surface area contributed by atoms with Gasteiger partial charge in [-0.2, -0.15) is 0 Å². The SMILES string of the molecule is CN(CCc1ccccc1)C1CCC(O)C1. The van der Waals surface area contributed by atoms with E-state index in [1.54, 1.807) is 0 Å². The standard InChI is InChI=1S/C14H21NO/c1-15(13-7-8-14(16)11-13)10-9-12-5-3-2-4-6-12/h2-6,13-14,16H,7-11H2,1H3. The molecule has 2 rings (SSSR count). The van der Waals surface area contributed by atoms with Gasteiger partial charge in [0.2, 0.25) is 0 Å². The summed E-state index contributed by atoms with van der Waals surface area (Å²) in [5, 5.41) is 9.51. The molecule has 0 aliphatic heterocycles. The van der Waals surface area contributed by atoms with Crippen LogP contribution in [0.5, 0.6) is 0 Å². The summed E-state index contributed by atoms with van der Waals surface area (Å²) < 4.78 is 0. The molecule has 1 aliphatic rings. The quantitative estimate of drug-likeness (QED) is 0.838. The molecule has 0 amide bonds. The maximum absolute atomic E-state index is 9.51. The highest BCUT2D eigenvalue weighted by Gasteiger charge is 2.25. The molecule has 2 unspecified atom stereocenters. The van der Waals surface area contributed by atoms with Crippen molar-refractivity contribution in [2.24, 2.45) is 0 Å². The number of rotatable bonds is 4. The molecule has 0 spiro atoms. The van der Waals surface area contributed by atoms with Crippen LogP contribution in [0.1, 0.15) is 24.8 Å². The Labute approximate surface area is 97.9 Å². The van der Waals surface area contributed by atoms with E-state index in [1.165, 1.54) is 5.56 Å². The van der Waals surface area contributed by atoms with Gasteiger partial charge < -0.3 is 10.0 Å². The molecule has 0 heterocycles. The van der Waals surface area contributed by atoms with Gasteiger partial charge in [-0.25, -0.2) is 0 Å². The van der Waals surface area contributed by atoms with Gasteiger partial charge in [-0.05, 0) is 38.3 Å². The molecular formula is C14H21NO. The van der Waals surface area contributed by atoms with Crippen molar-refractivity contribution < 1.29 is 5.11 Å². The smallest absolute Gasteiger partial charge is 0.0555 e. The van der Waals surface area contributed by atoms with Crippen LogP contribution < -0.4 is 0 Å². The van der Waals surface area contributed by atoms with Gasteiger partial charge in [0.25, 0.3) is 0 Å². The van der Waals surface area contributed by atoms with E-state index in [0.29, 0.717) is 6.04 Å². The van der Waals surface area contributed by atoms with Crippen molar-refractivity contribution in [2.75, 3.05) is 13.6 Å². The number of aliphatic hydroxyl groups is 1. The maximum Gasteiger partial charge on any atom is 0.0555 e. The zero-order chi connectivity index (χ0) is 11.4. The molecule has 1 N–H and O–H groups in total. The third-order valence-corrected chi connectivity index (χ3v) is 3.60. The molecule has 1 aromatic carbocycles. The average Bonchev–Trinajstić information content (AvgIpc) is 2.74. The lowest BCUT2D eigenvalue weighted by molar-refractivity contribution is 0.163. The van der Waals surface area contributed by atoms with Crippen molar-refractivity contribution in [2.45, 2.75) is 37.8 Å².